The number of hydrogen-bond donors (Lipinski definition) is 1. The van der Waals surface area contributed by atoms with Crippen molar-refractivity contribution in [1.29, 1.82) is 0 Å². The summed E-state index contributed by atoms with van der Waals surface area (Å²) in [5.74, 6) is 1.85. The summed E-state index contributed by atoms with van der Waals surface area (Å²) in [6, 6.07) is 13.0. The molecule has 2 heterocycles. The molecule has 2 aliphatic heterocycles. The smallest absolute Gasteiger partial charge is 0.253 e. The molecular weight excluding hydrogens is 394 g/mol. The number of rotatable bonds is 4. The predicted molar refractivity (Wildman–Crippen MR) is 118 cm³/mol. The molecule has 31 heavy (non-hydrogen) atoms. The van der Waals surface area contributed by atoms with Gasteiger partial charge in [0.25, 0.3) is 5.91 Å². The Morgan fingerprint density at radius 1 is 1.16 bits per heavy atom. The van der Waals surface area contributed by atoms with E-state index in [0.717, 1.165) is 11.3 Å². The maximum atomic E-state index is 13.2. The summed E-state index contributed by atoms with van der Waals surface area (Å²) < 4.78 is 17.6. The minimum Gasteiger partial charge on any atom is -0.493 e. The number of nitrogens with zero attached hydrogens (tertiary/aromatic N) is 1. The van der Waals surface area contributed by atoms with Gasteiger partial charge in [-0.05, 0) is 38.1 Å². The first-order chi connectivity index (χ1) is 14.8. The van der Waals surface area contributed by atoms with Crippen LogP contribution in [0.3, 0.4) is 0 Å². The molecular formula is C25H31NO5. The van der Waals surface area contributed by atoms with Crippen LogP contribution in [-0.2, 0) is 0 Å². The van der Waals surface area contributed by atoms with Crippen molar-refractivity contribution in [3.63, 3.8) is 0 Å². The number of fused-ring (bicyclic) bond motifs is 1. The molecule has 0 aromatic heterocycles. The summed E-state index contributed by atoms with van der Waals surface area (Å²) in [5, 5.41) is 10.9. The maximum absolute atomic E-state index is 13.2. The van der Waals surface area contributed by atoms with E-state index in [0.29, 0.717) is 43.0 Å². The standard InChI is InChI=1S/C25H31NO5/c1-16(2)30-21-10-9-18(15-22(21)29-4)24(28)26-13-11-25(12-14-26)17(3)23(27)19-7-5-6-8-20(19)31-25/h5-10,15-17,23,27H,11-14H2,1-4H3. The average Bonchev–Trinajstić information content (AvgIpc) is 2.77. The van der Waals surface area contributed by atoms with Crippen LogP contribution < -0.4 is 14.2 Å². The van der Waals surface area contributed by atoms with E-state index in [4.69, 9.17) is 14.2 Å². The van der Waals surface area contributed by atoms with Crippen LogP contribution in [0.2, 0.25) is 0 Å². The number of carbonyl (C=O) groups excluding carboxylic acids is 1. The Morgan fingerprint density at radius 3 is 2.55 bits per heavy atom. The summed E-state index contributed by atoms with van der Waals surface area (Å²) >= 11 is 0. The van der Waals surface area contributed by atoms with E-state index in [1.807, 2.05) is 49.9 Å². The highest BCUT2D eigenvalue weighted by molar-refractivity contribution is 5.95. The fourth-order valence-electron chi connectivity index (χ4n) is 4.67. The molecule has 2 atom stereocenters. The lowest BCUT2D eigenvalue weighted by atomic mass is 9.73. The van der Waals surface area contributed by atoms with E-state index >= 15 is 0 Å². The van der Waals surface area contributed by atoms with Gasteiger partial charge in [0, 0.05) is 43.0 Å². The molecule has 0 saturated carbocycles. The second-order valence-corrected chi connectivity index (χ2v) is 8.76. The first kappa shape index (κ1) is 21.5. The summed E-state index contributed by atoms with van der Waals surface area (Å²) in [5.41, 5.74) is 0.957. The maximum Gasteiger partial charge on any atom is 0.253 e. The van der Waals surface area contributed by atoms with E-state index in [1.165, 1.54) is 0 Å². The van der Waals surface area contributed by atoms with Gasteiger partial charge in [-0.3, -0.25) is 4.79 Å². The summed E-state index contributed by atoms with van der Waals surface area (Å²) in [6.07, 6.45) is 0.810. The van der Waals surface area contributed by atoms with Gasteiger partial charge in [-0.25, -0.2) is 0 Å². The molecule has 1 amide bonds. The number of hydrogen-bond acceptors (Lipinski definition) is 5. The molecule has 1 fully saturated rings. The molecule has 0 aliphatic carbocycles. The van der Waals surface area contributed by atoms with Gasteiger partial charge < -0.3 is 24.2 Å². The minimum absolute atomic E-state index is 0.0201. The molecule has 1 N–H and O–H groups in total. The van der Waals surface area contributed by atoms with Crippen molar-refractivity contribution in [2.45, 2.75) is 51.4 Å². The molecule has 2 aromatic carbocycles. The van der Waals surface area contributed by atoms with Crippen LogP contribution in [0, 0.1) is 5.92 Å². The second-order valence-electron chi connectivity index (χ2n) is 8.76. The fraction of sp³-hybridized carbons (Fsp3) is 0.480. The molecule has 2 aliphatic rings. The van der Waals surface area contributed by atoms with Crippen LogP contribution in [0.5, 0.6) is 17.2 Å². The lowest BCUT2D eigenvalue weighted by Gasteiger charge is -2.49. The lowest BCUT2D eigenvalue weighted by molar-refractivity contribution is -0.0957. The van der Waals surface area contributed by atoms with Gasteiger partial charge in [-0.1, -0.05) is 25.1 Å². The number of benzene rings is 2. The normalized spacial score (nSPS) is 22.1. The molecule has 4 rings (SSSR count). The topological polar surface area (TPSA) is 68.2 Å². The molecule has 0 radical (unpaired) electrons. The minimum atomic E-state index is -0.565. The zero-order valence-corrected chi connectivity index (χ0v) is 18.6. The Bertz CT molecular complexity index is 949. The first-order valence-electron chi connectivity index (χ1n) is 10.9. The number of methoxy groups -OCH3 is 1. The summed E-state index contributed by atoms with van der Waals surface area (Å²) in [4.78, 5) is 15.0. The van der Waals surface area contributed by atoms with Crippen molar-refractivity contribution >= 4 is 5.91 Å². The van der Waals surface area contributed by atoms with Crippen molar-refractivity contribution in [2.75, 3.05) is 20.2 Å². The van der Waals surface area contributed by atoms with Crippen LogP contribution >= 0.6 is 0 Å². The number of para-hydroxylation sites is 1. The zero-order valence-electron chi connectivity index (χ0n) is 18.6. The Balaban J connectivity index is 1.48. The predicted octanol–water partition coefficient (Wildman–Crippen LogP) is 4.22. The van der Waals surface area contributed by atoms with Crippen molar-refractivity contribution in [3.05, 3.63) is 53.6 Å². The Kier molecular flexibility index (Phi) is 5.84. The van der Waals surface area contributed by atoms with Gasteiger partial charge in [0.15, 0.2) is 11.5 Å². The SMILES string of the molecule is COc1cc(C(=O)N2CCC3(CC2)Oc2ccccc2C(O)C3C)ccc1OC(C)C. The third-order valence-corrected chi connectivity index (χ3v) is 6.52. The second kappa shape index (κ2) is 8.42. The third-order valence-electron chi connectivity index (χ3n) is 6.52. The summed E-state index contributed by atoms with van der Waals surface area (Å²) in [7, 11) is 1.58. The quantitative estimate of drug-likeness (QED) is 0.794. The molecule has 1 spiro atoms. The summed E-state index contributed by atoms with van der Waals surface area (Å²) in [6.45, 7) is 7.09. The Morgan fingerprint density at radius 2 is 1.87 bits per heavy atom. The number of ether oxygens (including phenoxy) is 3. The van der Waals surface area contributed by atoms with Crippen molar-refractivity contribution in [1.82, 2.24) is 4.90 Å². The van der Waals surface area contributed by atoms with Gasteiger partial charge in [0.05, 0.1) is 19.3 Å². The highest BCUT2D eigenvalue weighted by atomic mass is 16.5. The van der Waals surface area contributed by atoms with Gasteiger partial charge in [0.1, 0.15) is 11.4 Å². The van der Waals surface area contributed by atoms with Crippen LogP contribution in [0.1, 0.15) is 55.6 Å². The number of likely N-dealkylation sites (tertiary alicyclic amines) is 1. The number of carbonyl (C=O) groups is 1. The van der Waals surface area contributed by atoms with Gasteiger partial charge >= 0.3 is 0 Å². The van der Waals surface area contributed by atoms with Crippen molar-refractivity contribution in [3.8, 4) is 17.2 Å². The molecule has 2 aromatic rings. The highest BCUT2D eigenvalue weighted by Crippen LogP contribution is 2.48. The van der Waals surface area contributed by atoms with Gasteiger partial charge in [-0.2, -0.15) is 0 Å². The van der Waals surface area contributed by atoms with E-state index in [2.05, 4.69) is 0 Å². The zero-order chi connectivity index (χ0) is 22.2. The number of piperidine rings is 1. The number of aliphatic hydroxyl groups is 1. The molecule has 1 saturated heterocycles. The number of aliphatic hydroxyl groups excluding tert-OH is 1. The number of amides is 1. The van der Waals surface area contributed by atoms with Crippen molar-refractivity contribution in [2.24, 2.45) is 5.92 Å². The van der Waals surface area contributed by atoms with E-state index in [1.54, 1.807) is 25.3 Å². The van der Waals surface area contributed by atoms with E-state index < -0.39 is 11.7 Å². The largest absolute Gasteiger partial charge is 0.493 e. The molecule has 6 heteroatoms. The van der Waals surface area contributed by atoms with Crippen LogP contribution in [0.25, 0.3) is 0 Å². The molecule has 2 unspecified atom stereocenters. The highest BCUT2D eigenvalue weighted by Gasteiger charge is 2.49. The van der Waals surface area contributed by atoms with E-state index in [9.17, 15) is 9.90 Å². The van der Waals surface area contributed by atoms with E-state index in [-0.39, 0.29) is 17.9 Å². The van der Waals surface area contributed by atoms with Crippen LogP contribution in [0.15, 0.2) is 42.5 Å². The van der Waals surface area contributed by atoms with Crippen molar-refractivity contribution < 1.29 is 24.1 Å². The third kappa shape index (κ3) is 3.97. The van der Waals surface area contributed by atoms with Crippen LogP contribution in [-0.4, -0.2) is 47.8 Å². The lowest BCUT2D eigenvalue weighted by Crippen LogP contribution is -2.56. The molecule has 166 valence electrons. The Labute approximate surface area is 183 Å². The van der Waals surface area contributed by atoms with Gasteiger partial charge in [0.2, 0.25) is 0 Å². The molecule has 6 nitrogen and oxygen atoms in total. The first-order valence-corrected chi connectivity index (χ1v) is 10.9. The average molecular weight is 426 g/mol. The fourth-order valence-corrected chi connectivity index (χ4v) is 4.67. The Hall–Kier alpha value is -2.73. The van der Waals surface area contributed by atoms with Crippen LogP contribution in [0.4, 0.5) is 0 Å². The monoisotopic (exact) mass is 425 g/mol. The molecule has 0 bridgehead atoms. The van der Waals surface area contributed by atoms with Gasteiger partial charge in [-0.15, -0.1) is 0 Å².